The van der Waals surface area contributed by atoms with E-state index in [-0.39, 0.29) is 16.7 Å². The van der Waals surface area contributed by atoms with E-state index in [1.54, 1.807) is 54.6 Å². The molecule has 4 rings (SSSR count). The van der Waals surface area contributed by atoms with E-state index in [0.717, 1.165) is 0 Å². The maximum absolute atomic E-state index is 12.9. The SMILES string of the molecule is O=C(O[C@H]1[C@H](OC(=O)c2ccccc2)[C@@H](C(=O)O)O[C@H](O)[C@H]1OC(=O)c1ccccc1)c1ccccc1. The van der Waals surface area contributed by atoms with Crippen molar-refractivity contribution in [2.75, 3.05) is 0 Å². The van der Waals surface area contributed by atoms with E-state index in [1.165, 1.54) is 36.4 Å². The Morgan fingerprint density at radius 1 is 0.568 bits per heavy atom. The van der Waals surface area contributed by atoms with Crippen molar-refractivity contribution in [2.24, 2.45) is 0 Å². The van der Waals surface area contributed by atoms with Crippen molar-refractivity contribution in [1.29, 1.82) is 0 Å². The molecule has 0 amide bonds. The fourth-order valence-electron chi connectivity index (χ4n) is 3.71. The lowest BCUT2D eigenvalue weighted by molar-refractivity contribution is -0.277. The maximum atomic E-state index is 12.9. The van der Waals surface area contributed by atoms with Crippen LogP contribution >= 0.6 is 0 Å². The second-order valence-corrected chi connectivity index (χ2v) is 7.99. The summed E-state index contributed by atoms with van der Waals surface area (Å²) in [5.74, 6) is -4.37. The summed E-state index contributed by atoms with van der Waals surface area (Å²) in [7, 11) is 0. The van der Waals surface area contributed by atoms with Gasteiger partial charge < -0.3 is 29.2 Å². The first-order chi connectivity index (χ1) is 17.8. The van der Waals surface area contributed by atoms with Crippen molar-refractivity contribution in [2.45, 2.75) is 30.7 Å². The highest BCUT2D eigenvalue weighted by atomic mass is 16.7. The number of carboxylic acids is 1. The highest BCUT2D eigenvalue weighted by molar-refractivity contribution is 5.91. The number of aliphatic hydroxyl groups excluding tert-OH is 1. The van der Waals surface area contributed by atoms with Gasteiger partial charge in [0, 0.05) is 0 Å². The lowest BCUT2D eigenvalue weighted by atomic mass is 9.97. The minimum Gasteiger partial charge on any atom is -0.479 e. The van der Waals surface area contributed by atoms with Crippen LogP contribution < -0.4 is 0 Å². The Kier molecular flexibility index (Phi) is 7.92. The molecule has 1 heterocycles. The highest BCUT2D eigenvalue weighted by Crippen LogP contribution is 2.30. The van der Waals surface area contributed by atoms with Crippen LogP contribution in [0.5, 0.6) is 0 Å². The Balaban J connectivity index is 1.69. The summed E-state index contributed by atoms with van der Waals surface area (Å²) in [5, 5.41) is 20.4. The van der Waals surface area contributed by atoms with Crippen LogP contribution in [0, 0.1) is 0 Å². The third-order valence-electron chi connectivity index (χ3n) is 5.51. The van der Waals surface area contributed by atoms with Crippen LogP contribution in [0.4, 0.5) is 0 Å². The van der Waals surface area contributed by atoms with E-state index in [1.807, 2.05) is 0 Å². The summed E-state index contributed by atoms with van der Waals surface area (Å²) in [6.07, 6.45) is -9.21. The summed E-state index contributed by atoms with van der Waals surface area (Å²) in [6, 6.07) is 23.2. The molecule has 10 heteroatoms. The number of hydrogen-bond donors (Lipinski definition) is 2. The Morgan fingerprint density at radius 3 is 1.30 bits per heavy atom. The third kappa shape index (κ3) is 6.00. The molecule has 0 saturated carbocycles. The Morgan fingerprint density at radius 2 is 0.919 bits per heavy atom. The smallest absolute Gasteiger partial charge is 0.338 e. The number of ether oxygens (including phenoxy) is 4. The molecule has 5 atom stereocenters. The molecule has 0 aliphatic carbocycles. The Bertz CT molecular complexity index is 1250. The van der Waals surface area contributed by atoms with Gasteiger partial charge in [0.1, 0.15) is 0 Å². The summed E-state index contributed by atoms with van der Waals surface area (Å²) in [4.78, 5) is 50.5. The summed E-state index contributed by atoms with van der Waals surface area (Å²) in [6.45, 7) is 0. The predicted octanol–water partition coefficient (Wildman–Crippen LogP) is 2.46. The van der Waals surface area contributed by atoms with Crippen molar-refractivity contribution >= 4 is 23.9 Å². The third-order valence-corrected chi connectivity index (χ3v) is 5.51. The Hall–Kier alpha value is -4.54. The number of carboxylic acid groups (broad SMARTS) is 1. The quantitative estimate of drug-likeness (QED) is 0.362. The van der Waals surface area contributed by atoms with Crippen molar-refractivity contribution < 1.29 is 48.3 Å². The Labute approximate surface area is 211 Å². The maximum Gasteiger partial charge on any atom is 0.338 e. The van der Waals surface area contributed by atoms with Gasteiger partial charge in [-0.05, 0) is 36.4 Å². The zero-order valence-corrected chi connectivity index (χ0v) is 19.2. The molecule has 3 aromatic rings. The standard InChI is InChI=1S/C27H22O10/c28-23(29)21-19(34-24(30)16-10-4-1-5-11-16)20(35-25(31)17-12-6-2-7-13-17)22(27(33)36-21)37-26(32)18-14-8-3-9-15-18/h1-15,19-22,27,33H,(H,28,29)/t19-,20-,21-,22-,27-/m0/s1. The lowest BCUT2D eigenvalue weighted by Crippen LogP contribution is -2.63. The van der Waals surface area contributed by atoms with Gasteiger partial charge in [-0.2, -0.15) is 0 Å². The largest absolute Gasteiger partial charge is 0.479 e. The van der Waals surface area contributed by atoms with Crippen LogP contribution in [0.2, 0.25) is 0 Å². The molecule has 0 aromatic heterocycles. The van der Waals surface area contributed by atoms with Gasteiger partial charge in [0.2, 0.25) is 0 Å². The normalized spacial score (nSPS) is 22.9. The van der Waals surface area contributed by atoms with E-state index in [4.69, 9.17) is 18.9 Å². The van der Waals surface area contributed by atoms with Crippen molar-refractivity contribution in [1.82, 2.24) is 0 Å². The molecule has 3 aromatic carbocycles. The van der Waals surface area contributed by atoms with Crippen LogP contribution in [0.3, 0.4) is 0 Å². The first-order valence-electron chi connectivity index (χ1n) is 11.2. The molecular formula is C27H22O10. The van der Waals surface area contributed by atoms with Crippen LogP contribution in [-0.2, 0) is 23.7 Å². The molecule has 0 bridgehead atoms. The van der Waals surface area contributed by atoms with Gasteiger partial charge in [0.05, 0.1) is 16.7 Å². The molecule has 1 aliphatic heterocycles. The molecule has 2 N–H and O–H groups in total. The van der Waals surface area contributed by atoms with Crippen molar-refractivity contribution in [3.8, 4) is 0 Å². The number of esters is 3. The van der Waals surface area contributed by atoms with Gasteiger partial charge in [0.25, 0.3) is 0 Å². The molecule has 0 unspecified atom stereocenters. The van der Waals surface area contributed by atoms with Crippen LogP contribution in [0.1, 0.15) is 31.1 Å². The minimum atomic E-state index is -2.02. The number of aliphatic carboxylic acids is 1. The van der Waals surface area contributed by atoms with Gasteiger partial charge in [-0.1, -0.05) is 54.6 Å². The second kappa shape index (κ2) is 11.5. The molecule has 37 heavy (non-hydrogen) atoms. The second-order valence-electron chi connectivity index (χ2n) is 7.99. The van der Waals surface area contributed by atoms with Crippen LogP contribution in [-0.4, -0.2) is 64.8 Å². The topological polar surface area (TPSA) is 146 Å². The molecule has 1 saturated heterocycles. The first kappa shape index (κ1) is 25.5. The molecule has 1 aliphatic rings. The zero-order chi connectivity index (χ0) is 26.4. The first-order valence-corrected chi connectivity index (χ1v) is 11.2. The van der Waals surface area contributed by atoms with E-state index >= 15 is 0 Å². The molecule has 0 spiro atoms. The lowest BCUT2D eigenvalue weighted by Gasteiger charge is -2.41. The van der Waals surface area contributed by atoms with Gasteiger partial charge in [0.15, 0.2) is 30.7 Å². The fraction of sp³-hybridized carbons (Fsp3) is 0.185. The molecule has 10 nitrogen and oxygen atoms in total. The van der Waals surface area contributed by atoms with E-state index in [9.17, 15) is 29.4 Å². The number of carbonyl (C=O) groups is 4. The predicted molar refractivity (Wildman–Crippen MR) is 125 cm³/mol. The average molecular weight is 506 g/mol. The fourth-order valence-corrected chi connectivity index (χ4v) is 3.71. The summed E-state index contributed by atoms with van der Waals surface area (Å²) < 4.78 is 21.6. The van der Waals surface area contributed by atoms with Gasteiger partial charge in [-0.15, -0.1) is 0 Å². The summed E-state index contributed by atoms with van der Waals surface area (Å²) in [5.41, 5.74) is 0.293. The van der Waals surface area contributed by atoms with E-state index in [2.05, 4.69) is 0 Å². The van der Waals surface area contributed by atoms with Gasteiger partial charge in [-0.25, -0.2) is 19.2 Å². The van der Waals surface area contributed by atoms with Crippen LogP contribution in [0.15, 0.2) is 91.0 Å². The molecule has 0 radical (unpaired) electrons. The number of rotatable bonds is 7. The number of hydrogen-bond acceptors (Lipinski definition) is 9. The number of aliphatic hydroxyl groups is 1. The van der Waals surface area contributed by atoms with Crippen molar-refractivity contribution in [3.63, 3.8) is 0 Å². The van der Waals surface area contributed by atoms with E-state index < -0.39 is 54.6 Å². The van der Waals surface area contributed by atoms with Gasteiger partial charge >= 0.3 is 23.9 Å². The monoisotopic (exact) mass is 506 g/mol. The minimum absolute atomic E-state index is 0.0868. The average Bonchev–Trinajstić information content (AvgIpc) is 2.93. The highest BCUT2D eigenvalue weighted by Gasteiger charge is 2.54. The molecule has 190 valence electrons. The molecular weight excluding hydrogens is 484 g/mol. The molecule has 1 fully saturated rings. The zero-order valence-electron chi connectivity index (χ0n) is 19.2. The van der Waals surface area contributed by atoms with Crippen LogP contribution in [0.25, 0.3) is 0 Å². The van der Waals surface area contributed by atoms with Crippen molar-refractivity contribution in [3.05, 3.63) is 108 Å². The van der Waals surface area contributed by atoms with Gasteiger partial charge in [-0.3, -0.25) is 0 Å². The number of carbonyl (C=O) groups excluding carboxylic acids is 3. The van der Waals surface area contributed by atoms with E-state index in [0.29, 0.717) is 0 Å². The number of benzene rings is 3. The summed E-state index contributed by atoms with van der Waals surface area (Å²) >= 11 is 0.